The third kappa shape index (κ3) is 3.56. The van der Waals surface area contributed by atoms with E-state index < -0.39 is 6.10 Å². The topological polar surface area (TPSA) is 77.0 Å². The molecule has 7 heteroatoms. The fraction of sp³-hybridized carbons (Fsp3) is 0.385. The molecule has 1 atom stereocenters. The molecule has 0 radical (unpaired) electrons. The van der Waals surface area contributed by atoms with Crippen LogP contribution >= 0.6 is 11.8 Å². The highest BCUT2D eigenvalue weighted by Crippen LogP contribution is 2.23. The number of benzene rings is 1. The van der Waals surface area contributed by atoms with Crippen LogP contribution < -0.4 is 5.73 Å². The number of nitrogens with two attached hydrogens (primary N) is 1. The predicted molar refractivity (Wildman–Crippen MR) is 76.5 cm³/mol. The van der Waals surface area contributed by atoms with Crippen LogP contribution in [0.25, 0.3) is 5.69 Å². The Hall–Kier alpha value is -1.44. The summed E-state index contributed by atoms with van der Waals surface area (Å²) in [6, 6.07) is 6.13. The van der Waals surface area contributed by atoms with Crippen molar-refractivity contribution in [2.24, 2.45) is 5.73 Å². The van der Waals surface area contributed by atoms with E-state index in [9.17, 15) is 9.50 Å². The van der Waals surface area contributed by atoms with Gasteiger partial charge in [-0.15, -0.1) is 10.2 Å². The Morgan fingerprint density at radius 2 is 2.05 bits per heavy atom. The molecule has 0 aliphatic heterocycles. The zero-order chi connectivity index (χ0) is 14.5. The standard InChI is InChI=1S/C13H17FN4OS/c1-9(19)8-20-13-17-16-12(6-7-15)18(13)11-4-2-10(14)3-5-11/h2-5,9,19H,6-8,15H2,1H3/t9-/m0/s1. The summed E-state index contributed by atoms with van der Waals surface area (Å²) < 4.78 is 14.9. The second-order valence-electron chi connectivity index (χ2n) is 4.41. The number of halogens is 1. The second-order valence-corrected chi connectivity index (χ2v) is 5.40. The Morgan fingerprint density at radius 1 is 1.35 bits per heavy atom. The van der Waals surface area contributed by atoms with E-state index in [-0.39, 0.29) is 5.82 Å². The number of nitrogens with zero attached hydrogens (tertiary/aromatic N) is 3. The van der Waals surface area contributed by atoms with Crippen LogP contribution in [0.5, 0.6) is 0 Å². The quantitative estimate of drug-likeness (QED) is 0.788. The lowest BCUT2D eigenvalue weighted by Crippen LogP contribution is -2.10. The lowest BCUT2D eigenvalue weighted by atomic mass is 10.3. The Bertz CT molecular complexity index is 556. The number of aliphatic hydroxyl groups excluding tert-OH is 1. The van der Waals surface area contributed by atoms with E-state index in [1.807, 2.05) is 4.57 Å². The van der Waals surface area contributed by atoms with Gasteiger partial charge in [0.05, 0.1) is 6.10 Å². The first-order chi connectivity index (χ1) is 9.61. The summed E-state index contributed by atoms with van der Waals surface area (Å²) in [5.41, 5.74) is 6.36. The summed E-state index contributed by atoms with van der Waals surface area (Å²) in [7, 11) is 0. The predicted octanol–water partition coefficient (Wildman–Crippen LogP) is 1.38. The smallest absolute Gasteiger partial charge is 0.195 e. The van der Waals surface area contributed by atoms with E-state index in [2.05, 4.69) is 10.2 Å². The molecule has 2 aromatic rings. The number of hydrogen-bond donors (Lipinski definition) is 2. The Kier molecular flexibility index (Phi) is 5.11. The van der Waals surface area contributed by atoms with Gasteiger partial charge in [-0.3, -0.25) is 4.57 Å². The van der Waals surface area contributed by atoms with Crippen molar-refractivity contribution in [2.75, 3.05) is 12.3 Å². The van der Waals surface area contributed by atoms with E-state index >= 15 is 0 Å². The van der Waals surface area contributed by atoms with Crippen LogP contribution in [0.1, 0.15) is 12.7 Å². The van der Waals surface area contributed by atoms with Crippen LogP contribution in [0.3, 0.4) is 0 Å². The molecular formula is C13H17FN4OS. The van der Waals surface area contributed by atoms with Crippen LogP contribution in [0.15, 0.2) is 29.4 Å². The van der Waals surface area contributed by atoms with Crippen molar-refractivity contribution in [1.29, 1.82) is 0 Å². The molecule has 5 nitrogen and oxygen atoms in total. The summed E-state index contributed by atoms with van der Waals surface area (Å²) in [4.78, 5) is 0. The first-order valence-corrected chi connectivity index (χ1v) is 7.31. The van der Waals surface area contributed by atoms with Gasteiger partial charge in [0.1, 0.15) is 11.6 Å². The highest BCUT2D eigenvalue weighted by Gasteiger charge is 2.14. The van der Waals surface area contributed by atoms with Crippen LogP contribution in [0.4, 0.5) is 4.39 Å². The highest BCUT2D eigenvalue weighted by atomic mass is 32.2. The van der Waals surface area contributed by atoms with E-state index in [4.69, 9.17) is 5.73 Å². The molecule has 108 valence electrons. The molecule has 2 rings (SSSR count). The van der Waals surface area contributed by atoms with E-state index in [0.29, 0.717) is 23.9 Å². The molecule has 0 spiro atoms. The average molecular weight is 296 g/mol. The van der Waals surface area contributed by atoms with Gasteiger partial charge in [0.2, 0.25) is 0 Å². The molecule has 20 heavy (non-hydrogen) atoms. The van der Waals surface area contributed by atoms with Gasteiger partial charge in [-0.05, 0) is 37.7 Å². The molecule has 1 heterocycles. The molecule has 0 aliphatic carbocycles. The fourth-order valence-electron chi connectivity index (χ4n) is 1.73. The van der Waals surface area contributed by atoms with Crippen molar-refractivity contribution in [2.45, 2.75) is 24.6 Å². The monoisotopic (exact) mass is 296 g/mol. The van der Waals surface area contributed by atoms with Crippen LogP contribution in [0, 0.1) is 5.82 Å². The summed E-state index contributed by atoms with van der Waals surface area (Å²) in [5, 5.41) is 18.3. The minimum Gasteiger partial charge on any atom is -0.393 e. The number of hydrogen-bond acceptors (Lipinski definition) is 5. The van der Waals surface area contributed by atoms with Gasteiger partial charge in [0.15, 0.2) is 5.16 Å². The maximum atomic E-state index is 13.0. The van der Waals surface area contributed by atoms with Gasteiger partial charge in [-0.25, -0.2) is 4.39 Å². The number of aliphatic hydroxyl groups is 1. The molecule has 3 N–H and O–H groups in total. The molecule has 1 aromatic heterocycles. The zero-order valence-corrected chi connectivity index (χ0v) is 12.0. The van der Waals surface area contributed by atoms with Crippen molar-refractivity contribution in [3.63, 3.8) is 0 Å². The summed E-state index contributed by atoms with van der Waals surface area (Å²) in [5.74, 6) is 0.953. The fourth-order valence-corrected chi connectivity index (χ4v) is 2.56. The van der Waals surface area contributed by atoms with Gasteiger partial charge in [0.25, 0.3) is 0 Å². The normalized spacial score (nSPS) is 12.6. The van der Waals surface area contributed by atoms with E-state index in [1.165, 1.54) is 23.9 Å². The Balaban J connectivity index is 2.35. The maximum absolute atomic E-state index is 13.0. The highest BCUT2D eigenvalue weighted by molar-refractivity contribution is 7.99. The minimum absolute atomic E-state index is 0.291. The number of aromatic nitrogens is 3. The van der Waals surface area contributed by atoms with Crippen molar-refractivity contribution in [1.82, 2.24) is 14.8 Å². The third-order valence-corrected chi connectivity index (χ3v) is 3.78. The molecule has 0 bridgehead atoms. The lowest BCUT2D eigenvalue weighted by Gasteiger charge is -2.10. The average Bonchev–Trinajstić information content (AvgIpc) is 2.81. The number of rotatable bonds is 6. The molecule has 1 aromatic carbocycles. The van der Waals surface area contributed by atoms with Gasteiger partial charge < -0.3 is 10.8 Å². The molecule has 0 amide bonds. The molecule has 0 saturated carbocycles. The van der Waals surface area contributed by atoms with Crippen LogP contribution in [0.2, 0.25) is 0 Å². The van der Waals surface area contributed by atoms with Crippen molar-refractivity contribution >= 4 is 11.8 Å². The SMILES string of the molecule is C[C@H](O)CSc1nnc(CCN)n1-c1ccc(F)cc1. The molecular weight excluding hydrogens is 279 g/mol. The first-order valence-electron chi connectivity index (χ1n) is 6.33. The largest absolute Gasteiger partial charge is 0.393 e. The molecule has 0 unspecified atom stereocenters. The Morgan fingerprint density at radius 3 is 2.65 bits per heavy atom. The molecule has 0 aliphatic rings. The van der Waals surface area contributed by atoms with Gasteiger partial charge in [-0.2, -0.15) is 0 Å². The molecule has 0 saturated heterocycles. The second kappa shape index (κ2) is 6.83. The van der Waals surface area contributed by atoms with Gasteiger partial charge in [0, 0.05) is 17.9 Å². The minimum atomic E-state index is -0.434. The van der Waals surface area contributed by atoms with Crippen molar-refractivity contribution in [3.8, 4) is 5.69 Å². The van der Waals surface area contributed by atoms with Crippen molar-refractivity contribution < 1.29 is 9.50 Å². The van der Waals surface area contributed by atoms with E-state index in [0.717, 1.165) is 11.5 Å². The van der Waals surface area contributed by atoms with E-state index in [1.54, 1.807) is 19.1 Å². The zero-order valence-electron chi connectivity index (χ0n) is 11.2. The van der Waals surface area contributed by atoms with Gasteiger partial charge >= 0.3 is 0 Å². The molecule has 0 fully saturated rings. The Labute approximate surface area is 121 Å². The number of thioether (sulfide) groups is 1. The summed E-state index contributed by atoms with van der Waals surface area (Å²) in [6.45, 7) is 2.17. The maximum Gasteiger partial charge on any atom is 0.195 e. The lowest BCUT2D eigenvalue weighted by molar-refractivity contribution is 0.220. The van der Waals surface area contributed by atoms with Crippen LogP contribution in [-0.4, -0.2) is 38.3 Å². The van der Waals surface area contributed by atoms with Crippen molar-refractivity contribution in [3.05, 3.63) is 35.9 Å². The summed E-state index contributed by atoms with van der Waals surface area (Å²) in [6.07, 6.45) is 0.149. The third-order valence-electron chi connectivity index (χ3n) is 2.61. The summed E-state index contributed by atoms with van der Waals surface area (Å²) >= 11 is 1.41. The first kappa shape index (κ1) is 15.0. The van der Waals surface area contributed by atoms with Gasteiger partial charge in [-0.1, -0.05) is 11.8 Å². The van der Waals surface area contributed by atoms with Crippen LogP contribution in [-0.2, 0) is 6.42 Å².